The molecule has 26 heavy (non-hydrogen) atoms. The van der Waals surface area contributed by atoms with E-state index < -0.39 is 5.97 Å². The molecule has 4 heteroatoms. The first-order valence-corrected chi connectivity index (χ1v) is 8.10. The molecule has 128 valence electrons. The molecule has 0 atom stereocenters. The summed E-state index contributed by atoms with van der Waals surface area (Å²) >= 11 is 0. The molecule has 0 aliphatic heterocycles. The van der Waals surface area contributed by atoms with E-state index in [-0.39, 0.29) is 5.91 Å². The predicted molar refractivity (Wildman–Crippen MR) is 103 cm³/mol. The van der Waals surface area contributed by atoms with Crippen molar-refractivity contribution in [1.29, 1.82) is 0 Å². The van der Waals surface area contributed by atoms with Crippen LogP contribution in [0.5, 0.6) is 0 Å². The first-order valence-electron chi connectivity index (χ1n) is 8.10. The van der Waals surface area contributed by atoms with E-state index in [2.05, 4.69) is 5.32 Å². The van der Waals surface area contributed by atoms with Crippen molar-refractivity contribution in [2.24, 2.45) is 0 Å². The topological polar surface area (TPSA) is 66.4 Å². The number of rotatable bonds is 5. The van der Waals surface area contributed by atoms with E-state index in [1.807, 2.05) is 42.5 Å². The number of nitrogens with one attached hydrogen (secondary N) is 1. The number of benzene rings is 3. The first-order chi connectivity index (χ1) is 12.6. The van der Waals surface area contributed by atoms with E-state index >= 15 is 0 Å². The van der Waals surface area contributed by atoms with Gasteiger partial charge in [0.15, 0.2) is 0 Å². The largest absolute Gasteiger partial charge is 0.478 e. The fraction of sp³-hybridized carbons (Fsp3) is 0. The number of hydrogen-bond acceptors (Lipinski definition) is 2. The third kappa shape index (κ3) is 4.45. The lowest BCUT2D eigenvalue weighted by Crippen LogP contribution is -2.11. The minimum atomic E-state index is -0.999. The van der Waals surface area contributed by atoms with E-state index in [9.17, 15) is 9.59 Å². The van der Waals surface area contributed by atoms with E-state index in [0.29, 0.717) is 11.3 Å². The number of carboxylic acids is 1. The van der Waals surface area contributed by atoms with Gasteiger partial charge in [0.1, 0.15) is 0 Å². The van der Waals surface area contributed by atoms with Crippen molar-refractivity contribution in [2.75, 3.05) is 5.32 Å². The molecular weight excluding hydrogens is 326 g/mol. The highest BCUT2D eigenvalue weighted by molar-refractivity contribution is 6.04. The maximum absolute atomic E-state index is 12.4. The minimum Gasteiger partial charge on any atom is -0.478 e. The Kier molecular flexibility index (Phi) is 5.25. The molecule has 0 heterocycles. The average Bonchev–Trinajstić information content (AvgIpc) is 2.68. The predicted octanol–water partition coefficient (Wildman–Crippen LogP) is 4.70. The Morgan fingerprint density at radius 1 is 0.769 bits per heavy atom. The highest BCUT2D eigenvalue weighted by atomic mass is 16.4. The Hall–Kier alpha value is -3.66. The molecule has 1 amide bonds. The highest BCUT2D eigenvalue weighted by Crippen LogP contribution is 2.20. The van der Waals surface area contributed by atoms with Crippen LogP contribution in [-0.2, 0) is 4.79 Å². The molecule has 0 aliphatic rings. The zero-order valence-corrected chi connectivity index (χ0v) is 13.9. The van der Waals surface area contributed by atoms with Crippen molar-refractivity contribution >= 4 is 23.6 Å². The molecule has 0 saturated carbocycles. The summed E-state index contributed by atoms with van der Waals surface area (Å²) in [5.41, 5.74) is 4.12. The van der Waals surface area contributed by atoms with Crippen LogP contribution in [0.15, 0.2) is 84.9 Å². The molecule has 3 aromatic rings. The van der Waals surface area contributed by atoms with Crippen molar-refractivity contribution in [3.8, 4) is 11.1 Å². The normalized spacial score (nSPS) is 10.6. The monoisotopic (exact) mass is 343 g/mol. The second-order valence-electron chi connectivity index (χ2n) is 5.69. The molecule has 0 aliphatic carbocycles. The van der Waals surface area contributed by atoms with Crippen molar-refractivity contribution < 1.29 is 14.7 Å². The lowest BCUT2D eigenvalue weighted by Gasteiger charge is -2.07. The summed E-state index contributed by atoms with van der Waals surface area (Å²) in [4.78, 5) is 22.9. The van der Waals surface area contributed by atoms with Crippen molar-refractivity contribution in [2.45, 2.75) is 0 Å². The van der Waals surface area contributed by atoms with Gasteiger partial charge in [0, 0.05) is 17.3 Å². The molecule has 0 unspecified atom stereocenters. The Balaban J connectivity index is 1.67. The summed E-state index contributed by atoms with van der Waals surface area (Å²) in [6, 6.07) is 24.4. The number of anilines is 1. The second-order valence-corrected chi connectivity index (χ2v) is 5.69. The molecule has 0 spiro atoms. The Labute approximate surface area is 151 Å². The average molecular weight is 343 g/mol. The number of carbonyl (C=O) groups excluding carboxylic acids is 1. The standard InChI is InChI=1S/C22H17NO3/c24-21(25)15-8-16-6-13-20(14-7-16)23-22(26)19-11-9-18(10-12-19)17-4-2-1-3-5-17/h1-15H,(H,23,26)(H,24,25). The van der Waals surface area contributed by atoms with Crippen LogP contribution in [0.3, 0.4) is 0 Å². The van der Waals surface area contributed by atoms with Gasteiger partial charge >= 0.3 is 5.97 Å². The van der Waals surface area contributed by atoms with Gasteiger partial charge in [-0.15, -0.1) is 0 Å². The summed E-state index contributed by atoms with van der Waals surface area (Å²) in [6.07, 6.45) is 2.57. The number of hydrogen-bond donors (Lipinski definition) is 2. The van der Waals surface area contributed by atoms with E-state index in [0.717, 1.165) is 22.8 Å². The van der Waals surface area contributed by atoms with Gasteiger partial charge < -0.3 is 10.4 Å². The maximum atomic E-state index is 12.4. The summed E-state index contributed by atoms with van der Waals surface area (Å²) in [5, 5.41) is 11.5. The molecule has 0 radical (unpaired) electrons. The van der Waals surface area contributed by atoms with Crippen LogP contribution < -0.4 is 5.32 Å². The summed E-state index contributed by atoms with van der Waals surface area (Å²) in [7, 11) is 0. The van der Waals surface area contributed by atoms with Crippen LogP contribution in [-0.4, -0.2) is 17.0 Å². The van der Waals surface area contributed by atoms with Gasteiger partial charge in [0.25, 0.3) is 5.91 Å². The van der Waals surface area contributed by atoms with Gasteiger partial charge in [-0.05, 0) is 47.0 Å². The lowest BCUT2D eigenvalue weighted by atomic mass is 10.0. The number of carbonyl (C=O) groups is 2. The maximum Gasteiger partial charge on any atom is 0.328 e. The molecule has 4 nitrogen and oxygen atoms in total. The molecule has 0 fully saturated rings. The van der Waals surface area contributed by atoms with Gasteiger partial charge in [-0.2, -0.15) is 0 Å². The molecule has 2 N–H and O–H groups in total. The van der Waals surface area contributed by atoms with Crippen molar-refractivity contribution in [1.82, 2.24) is 0 Å². The van der Waals surface area contributed by atoms with E-state index in [1.54, 1.807) is 36.4 Å². The smallest absolute Gasteiger partial charge is 0.328 e. The van der Waals surface area contributed by atoms with E-state index in [4.69, 9.17) is 5.11 Å². The van der Waals surface area contributed by atoms with Crippen molar-refractivity contribution in [3.63, 3.8) is 0 Å². The summed E-state index contributed by atoms with van der Waals surface area (Å²) < 4.78 is 0. The van der Waals surface area contributed by atoms with Gasteiger partial charge in [-0.25, -0.2) is 4.79 Å². The SMILES string of the molecule is O=C(O)C=Cc1ccc(NC(=O)c2ccc(-c3ccccc3)cc2)cc1. The van der Waals surface area contributed by atoms with Crippen LogP contribution in [0.4, 0.5) is 5.69 Å². The highest BCUT2D eigenvalue weighted by Gasteiger charge is 2.06. The van der Waals surface area contributed by atoms with Crippen LogP contribution in [0.2, 0.25) is 0 Å². The van der Waals surface area contributed by atoms with Crippen LogP contribution in [0.25, 0.3) is 17.2 Å². The quantitative estimate of drug-likeness (QED) is 0.660. The van der Waals surface area contributed by atoms with Crippen LogP contribution in [0.1, 0.15) is 15.9 Å². The number of amides is 1. The minimum absolute atomic E-state index is 0.196. The van der Waals surface area contributed by atoms with Gasteiger partial charge in [0.2, 0.25) is 0 Å². The van der Waals surface area contributed by atoms with E-state index in [1.165, 1.54) is 6.08 Å². The Bertz CT molecular complexity index is 927. The molecule has 0 saturated heterocycles. The zero-order valence-electron chi connectivity index (χ0n) is 13.9. The lowest BCUT2D eigenvalue weighted by molar-refractivity contribution is -0.131. The Morgan fingerprint density at radius 3 is 2.00 bits per heavy atom. The first kappa shape index (κ1) is 17.2. The van der Waals surface area contributed by atoms with Crippen LogP contribution in [0, 0.1) is 0 Å². The molecule has 0 bridgehead atoms. The summed E-state index contributed by atoms with van der Waals surface area (Å²) in [6.45, 7) is 0. The van der Waals surface area contributed by atoms with Crippen LogP contribution >= 0.6 is 0 Å². The van der Waals surface area contributed by atoms with Gasteiger partial charge in [-0.3, -0.25) is 4.79 Å². The molecule has 3 rings (SSSR count). The van der Waals surface area contributed by atoms with Crippen molar-refractivity contribution in [3.05, 3.63) is 96.1 Å². The second kappa shape index (κ2) is 7.94. The fourth-order valence-electron chi connectivity index (χ4n) is 2.49. The van der Waals surface area contributed by atoms with Gasteiger partial charge in [0.05, 0.1) is 0 Å². The summed E-state index contributed by atoms with van der Waals surface area (Å²) in [5.74, 6) is -1.19. The molecule has 0 aromatic heterocycles. The zero-order chi connectivity index (χ0) is 18.4. The van der Waals surface area contributed by atoms with Gasteiger partial charge in [-0.1, -0.05) is 54.6 Å². The molecule has 3 aromatic carbocycles. The Morgan fingerprint density at radius 2 is 1.38 bits per heavy atom. The third-order valence-corrected chi connectivity index (χ3v) is 3.84. The third-order valence-electron chi connectivity index (χ3n) is 3.84. The number of aliphatic carboxylic acids is 1. The molecular formula is C22H17NO3. The number of carboxylic acid groups (broad SMARTS) is 1. The fourth-order valence-corrected chi connectivity index (χ4v) is 2.49.